The summed E-state index contributed by atoms with van der Waals surface area (Å²) in [6.07, 6.45) is 2.18. The van der Waals surface area contributed by atoms with E-state index in [9.17, 15) is 4.79 Å². The van der Waals surface area contributed by atoms with Gasteiger partial charge < -0.3 is 5.32 Å². The molecule has 0 atom stereocenters. The quantitative estimate of drug-likeness (QED) is 0.743. The molecule has 0 aliphatic carbocycles. The second-order valence-corrected chi connectivity index (χ2v) is 5.49. The van der Waals surface area contributed by atoms with E-state index >= 15 is 0 Å². The number of carbonyl (C=O) groups is 1. The van der Waals surface area contributed by atoms with E-state index in [0.717, 1.165) is 17.1 Å². The first-order valence-corrected chi connectivity index (χ1v) is 7.33. The van der Waals surface area contributed by atoms with Gasteiger partial charge in [-0.1, -0.05) is 11.6 Å². The van der Waals surface area contributed by atoms with Crippen molar-refractivity contribution in [1.82, 2.24) is 19.7 Å². The molecule has 7 heteroatoms. The summed E-state index contributed by atoms with van der Waals surface area (Å²) >= 11 is 5.87. The molecule has 2 aromatic heterocycles. The van der Waals surface area contributed by atoms with E-state index in [1.807, 2.05) is 32.0 Å². The molecule has 0 saturated carbocycles. The maximum Gasteiger partial charge on any atom is 0.185 e. The van der Waals surface area contributed by atoms with Crippen LogP contribution in [0.3, 0.4) is 0 Å². The molecule has 0 unspecified atom stereocenters. The third-order valence-electron chi connectivity index (χ3n) is 3.22. The predicted octanol–water partition coefficient (Wildman–Crippen LogP) is 3.49. The lowest BCUT2D eigenvalue weighted by Gasteiger charge is -2.10. The fourth-order valence-electron chi connectivity index (χ4n) is 2.21. The van der Waals surface area contributed by atoms with Crippen LogP contribution in [0.25, 0.3) is 5.82 Å². The standard InChI is InChI=1S/C16H14ClN5O/c1-10-7-11(2)22(21-10)16-14(9-23)18-8-15(20-16)19-13-5-3-12(17)4-6-13/h3-9H,1-2H3,(H,19,20). The number of benzene rings is 1. The minimum atomic E-state index is 0.234. The van der Waals surface area contributed by atoms with Gasteiger partial charge in [-0.05, 0) is 44.2 Å². The molecule has 0 aliphatic heterocycles. The monoisotopic (exact) mass is 327 g/mol. The van der Waals surface area contributed by atoms with E-state index in [1.54, 1.807) is 16.8 Å². The Labute approximate surface area is 138 Å². The molecule has 6 nitrogen and oxygen atoms in total. The largest absolute Gasteiger partial charge is 0.339 e. The van der Waals surface area contributed by atoms with Crippen LogP contribution in [0.2, 0.25) is 5.02 Å². The maximum absolute atomic E-state index is 11.2. The molecule has 0 fully saturated rings. The normalized spacial score (nSPS) is 10.6. The van der Waals surface area contributed by atoms with Crippen molar-refractivity contribution in [3.63, 3.8) is 0 Å². The molecule has 1 N–H and O–H groups in total. The smallest absolute Gasteiger partial charge is 0.185 e. The topological polar surface area (TPSA) is 72.7 Å². The molecular formula is C16H14ClN5O. The number of anilines is 2. The zero-order valence-corrected chi connectivity index (χ0v) is 13.4. The Hall–Kier alpha value is -2.73. The zero-order valence-electron chi connectivity index (χ0n) is 12.6. The minimum Gasteiger partial charge on any atom is -0.339 e. The third-order valence-corrected chi connectivity index (χ3v) is 3.47. The average molecular weight is 328 g/mol. The van der Waals surface area contributed by atoms with Crippen molar-refractivity contribution < 1.29 is 4.79 Å². The van der Waals surface area contributed by atoms with Gasteiger partial charge in [-0.15, -0.1) is 0 Å². The van der Waals surface area contributed by atoms with Crippen LogP contribution in [0, 0.1) is 13.8 Å². The van der Waals surface area contributed by atoms with E-state index in [1.165, 1.54) is 6.20 Å². The number of nitrogens with one attached hydrogen (secondary N) is 1. The number of aldehydes is 1. The summed E-state index contributed by atoms with van der Waals surface area (Å²) in [5.41, 5.74) is 2.78. The number of carbonyl (C=O) groups excluding carboxylic acids is 1. The summed E-state index contributed by atoms with van der Waals surface area (Å²) in [5.74, 6) is 0.907. The SMILES string of the molecule is Cc1cc(C)n(-c2nc(Nc3ccc(Cl)cc3)cnc2C=O)n1. The molecule has 1 aromatic carbocycles. The lowest BCUT2D eigenvalue weighted by atomic mass is 10.3. The summed E-state index contributed by atoms with van der Waals surface area (Å²) in [6, 6.07) is 9.13. The lowest BCUT2D eigenvalue weighted by Crippen LogP contribution is -2.09. The van der Waals surface area contributed by atoms with Gasteiger partial charge in [0.25, 0.3) is 0 Å². The van der Waals surface area contributed by atoms with E-state index in [-0.39, 0.29) is 5.69 Å². The number of aryl methyl sites for hydroxylation is 2. The van der Waals surface area contributed by atoms with Crippen molar-refractivity contribution in [3.05, 3.63) is 58.6 Å². The van der Waals surface area contributed by atoms with Gasteiger partial charge in [0.05, 0.1) is 11.9 Å². The van der Waals surface area contributed by atoms with Gasteiger partial charge in [0.2, 0.25) is 0 Å². The van der Waals surface area contributed by atoms with Crippen LogP contribution in [-0.2, 0) is 0 Å². The highest BCUT2D eigenvalue weighted by molar-refractivity contribution is 6.30. The maximum atomic E-state index is 11.2. The van der Waals surface area contributed by atoms with Gasteiger partial charge in [0, 0.05) is 16.4 Å². The van der Waals surface area contributed by atoms with Crippen molar-refractivity contribution in [1.29, 1.82) is 0 Å². The van der Waals surface area contributed by atoms with Crippen LogP contribution in [0.4, 0.5) is 11.5 Å². The van der Waals surface area contributed by atoms with E-state index in [0.29, 0.717) is 22.9 Å². The third kappa shape index (κ3) is 3.22. The first-order valence-electron chi connectivity index (χ1n) is 6.95. The summed E-state index contributed by atoms with van der Waals surface area (Å²) in [7, 11) is 0. The molecule has 116 valence electrons. The molecule has 3 aromatic rings. The first kappa shape index (κ1) is 15.2. The highest BCUT2D eigenvalue weighted by Crippen LogP contribution is 2.19. The van der Waals surface area contributed by atoms with E-state index < -0.39 is 0 Å². The fraction of sp³-hybridized carbons (Fsp3) is 0.125. The van der Waals surface area contributed by atoms with Crippen LogP contribution >= 0.6 is 11.6 Å². The van der Waals surface area contributed by atoms with Gasteiger partial charge in [0.15, 0.2) is 17.9 Å². The summed E-state index contributed by atoms with van der Waals surface area (Å²) in [4.78, 5) is 19.9. The van der Waals surface area contributed by atoms with Crippen LogP contribution in [-0.4, -0.2) is 26.0 Å². The van der Waals surface area contributed by atoms with Crippen LogP contribution < -0.4 is 5.32 Å². The van der Waals surface area contributed by atoms with Gasteiger partial charge >= 0.3 is 0 Å². The first-order chi connectivity index (χ1) is 11.1. The Morgan fingerprint density at radius 3 is 2.57 bits per heavy atom. The van der Waals surface area contributed by atoms with Gasteiger partial charge in [0.1, 0.15) is 5.69 Å². The Morgan fingerprint density at radius 1 is 1.22 bits per heavy atom. The van der Waals surface area contributed by atoms with E-state index in [2.05, 4.69) is 20.4 Å². The number of rotatable bonds is 4. The second-order valence-electron chi connectivity index (χ2n) is 5.05. The number of halogens is 1. The van der Waals surface area contributed by atoms with Crippen molar-refractivity contribution >= 4 is 29.4 Å². The van der Waals surface area contributed by atoms with Crippen molar-refractivity contribution in [3.8, 4) is 5.82 Å². The Bertz CT molecular complexity index is 857. The molecule has 0 saturated heterocycles. The molecular weight excluding hydrogens is 314 g/mol. The molecule has 23 heavy (non-hydrogen) atoms. The molecule has 3 rings (SSSR count). The Morgan fingerprint density at radius 2 is 1.96 bits per heavy atom. The van der Waals surface area contributed by atoms with E-state index in [4.69, 9.17) is 11.6 Å². The van der Waals surface area contributed by atoms with Crippen molar-refractivity contribution in [2.75, 3.05) is 5.32 Å². The number of hydrogen-bond acceptors (Lipinski definition) is 5. The van der Waals surface area contributed by atoms with Crippen molar-refractivity contribution in [2.24, 2.45) is 0 Å². The lowest BCUT2D eigenvalue weighted by molar-refractivity contribution is 0.111. The molecule has 0 radical (unpaired) electrons. The van der Waals surface area contributed by atoms with Gasteiger partial charge in [-0.25, -0.2) is 14.6 Å². The summed E-state index contributed by atoms with van der Waals surface area (Å²) in [5, 5.41) is 8.14. The molecule has 0 spiro atoms. The molecule has 0 bridgehead atoms. The fourth-order valence-corrected chi connectivity index (χ4v) is 2.34. The number of nitrogens with zero attached hydrogens (tertiary/aromatic N) is 4. The average Bonchev–Trinajstić information content (AvgIpc) is 2.88. The van der Waals surface area contributed by atoms with Crippen LogP contribution in [0.15, 0.2) is 36.5 Å². The second kappa shape index (κ2) is 6.18. The molecule has 0 amide bonds. The molecule has 0 aliphatic rings. The predicted molar refractivity (Wildman–Crippen MR) is 88.8 cm³/mol. The highest BCUT2D eigenvalue weighted by Gasteiger charge is 2.13. The van der Waals surface area contributed by atoms with Gasteiger partial charge in [-0.3, -0.25) is 4.79 Å². The van der Waals surface area contributed by atoms with Gasteiger partial charge in [-0.2, -0.15) is 5.10 Å². The van der Waals surface area contributed by atoms with Crippen LogP contribution in [0.5, 0.6) is 0 Å². The van der Waals surface area contributed by atoms with Crippen molar-refractivity contribution in [2.45, 2.75) is 13.8 Å². The minimum absolute atomic E-state index is 0.234. The zero-order chi connectivity index (χ0) is 16.4. The molecule has 2 heterocycles. The summed E-state index contributed by atoms with van der Waals surface area (Å²) in [6.45, 7) is 3.78. The Kier molecular flexibility index (Phi) is 4.08. The highest BCUT2D eigenvalue weighted by atomic mass is 35.5. The van der Waals surface area contributed by atoms with Crippen LogP contribution in [0.1, 0.15) is 21.9 Å². The Balaban J connectivity index is 2.00. The summed E-state index contributed by atoms with van der Waals surface area (Å²) < 4.78 is 1.61. The number of aromatic nitrogens is 4. The number of hydrogen-bond donors (Lipinski definition) is 1.